The first-order chi connectivity index (χ1) is 10.2. The predicted octanol–water partition coefficient (Wildman–Crippen LogP) is 4.19. The lowest BCUT2D eigenvalue weighted by molar-refractivity contribution is 0.0152. The van der Waals surface area contributed by atoms with Gasteiger partial charge in [-0.05, 0) is 45.7 Å². The number of nitrogens with one attached hydrogen (secondary N) is 1. The third kappa shape index (κ3) is 2.34. The van der Waals surface area contributed by atoms with Crippen molar-refractivity contribution in [3.63, 3.8) is 0 Å². The van der Waals surface area contributed by atoms with E-state index in [4.69, 9.17) is 4.74 Å². The maximum Gasteiger partial charge on any atom is 0.410 e. The highest BCUT2D eigenvalue weighted by molar-refractivity contribution is 5.71. The summed E-state index contributed by atoms with van der Waals surface area (Å²) in [6.45, 7) is 11.0. The molecule has 22 heavy (non-hydrogen) atoms. The number of rotatable bonds is 0. The van der Waals surface area contributed by atoms with Gasteiger partial charge in [0.1, 0.15) is 5.60 Å². The lowest BCUT2D eigenvalue weighted by Crippen LogP contribution is -2.47. The lowest BCUT2D eigenvalue weighted by Gasteiger charge is -2.45. The fourth-order valence-electron chi connectivity index (χ4n) is 3.74. The first kappa shape index (κ1) is 15.2. The van der Waals surface area contributed by atoms with Crippen LogP contribution in [0.1, 0.15) is 52.6 Å². The van der Waals surface area contributed by atoms with E-state index in [-0.39, 0.29) is 17.6 Å². The number of hydrogen-bond donors (Lipinski definition) is 1. The molecule has 1 saturated heterocycles. The van der Waals surface area contributed by atoms with Crippen LogP contribution in [0.5, 0.6) is 0 Å². The minimum absolute atomic E-state index is 0.0330. The summed E-state index contributed by atoms with van der Waals surface area (Å²) in [4.78, 5) is 14.6. The van der Waals surface area contributed by atoms with Crippen LogP contribution in [-0.4, -0.2) is 29.2 Å². The predicted molar refractivity (Wildman–Crippen MR) is 87.9 cm³/mol. The maximum absolute atomic E-state index is 12.7. The zero-order valence-corrected chi connectivity index (χ0v) is 14.1. The monoisotopic (exact) mass is 302 g/mol. The van der Waals surface area contributed by atoms with E-state index < -0.39 is 5.60 Å². The molecule has 120 valence electrons. The normalized spacial score (nSPS) is 30.3. The fourth-order valence-corrected chi connectivity index (χ4v) is 3.74. The average Bonchev–Trinajstić information content (AvgIpc) is 2.77. The number of amides is 1. The Bertz CT molecular complexity index is 593. The molecule has 3 rings (SSSR count). The Labute approximate surface area is 132 Å². The van der Waals surface area contributed by atoms with Crippen molar-refractivity contribution in [1.82, 2.24) is 4.90 Å². The fraction of sp³-hybridized carbons (Fsp3) is 0.611. The third-order valence-corrected chi connectivity index (χ3v) is 5.07. The molecule has 0 bridgehead atoms. The summed E-state index contributed by atoms with van der Waals surface area (Å²) < 4.78 is 5.63. The van der Waals surface area contributed by atoms with Crippen molar-refractivity contribution in [1.29, 1.82) is 0 Å². The van der Waals surface area contributed by atoms with Crippen molar-refractivity contribution in [3.05, 3.63) is 29.8 Å². The number of fused-ring (bicyclic) bond motifs is 3. The van der Waals surface area contributed by atoms with Crippen LogP contribution in [0.3, 0.4) is 0 Å². The molecule has 1 amide bonds. The van der Waals surface area contributed by atoms with E-state index in [1.807, 2.05) is 37.8 Å². The zero-order valence-electron chi connectivity index (χ0n) is 14.1. The molecular formula is C18H26N2O2. The summed E-state index contributed by atoms with van der Waals surface area (Å²) in [7, 11) is 0. The SMILES string of the molecule is C[C@@H]1Nc2ccccc2[C@@H]2N(C(=O)OC(C)(C)C)CC[C@]12C. The molecule has 3 atom stereocenters. The summed E-state index contributed by atoms with van der Waals surface area (Å²) in [5, 5.41) is 3.60. The van der Waals surface area contributed by atoms with E-state index in [0.29, 0.717) is 6.04 Å². The van der Waals surface area contributed by atoms with Gasteiger partial charge < -0.3 is 15.0 Å². The second-order valence-electron chi connectivity index (χ2n) is 7.79. The van der Waals surface area contributed by atoms with Gasteiger partial charge in [-0.3, -0.25) is 0 Å². The van der Waals surface area contributed by atoms with E-state index in [2.05, 4.69) is 31.3 Å². The maximum atomic E-state index is 12.7. The summed E-state index contributed by atoms with van der Waals surface area (Å²) in [6.07, 6.45) is 0.782. The van der Waals surface area contributed by atoms with Crippen LogP contribution in [0.2, 0.25) is 0 Å². The van der Waals surface area contributed by atoms with Crippen LogP contribution in [0.25, 0.3) is 0 Å². The molecule has 4 nitrogen and oxygen atoms in total. The van der Waals surface area contributed by atoms with Gasteiger partial charge in [0.25, 0.3) is 0 Å². The molecule has 1 N–H and O–H groups in total. The van der Waals surface area contributed by atoms with E-state index in [1.54, 1.807) is 0 Å². The van der Waals surface area contributed by atoms with Gasteiger partial charge in [0.2, 0.25) is 0 Å². The third-order valence-electron chi connectivity index (χ3n) is 5.07. The molecule has 0 radical (unpaired) electrons. The van der Waals surface area contributed by atoms with Crippen molar-refractivity contribution in [2.75, 3.05) is 11.9 Å². The van der Waals surface area contributed by atoms with Crippen molar-refractivity contribution in [3.8, 4) is 0 Å². The Morgan fingerprint density at radius 3 is 2.73 bits per heavy atom. The largest absolute Gasteiger partial charge is 0.444 e. The van der Waals surface area contributed by atoms with Crippen LogP contribution in [0.15, 0.2) is 24.3 Å². The second-order valence-corrected chi connectivity index (χ2v) is 7.79. The van der Waals surface area contributed by atoms with Gasteiger partial charge in [-0.15, -0.1) is 0 Å². The number of likely N-dealkylation sites (tertiary alicyclic amines) is 1. The van der Waals surface area contributed by atoms with E-state index in [1.165, 1.54) is 5.56 Å². The number of carbonyl (C=O) groups excluding carboxylic acids is 1. The van der Waals surface area contributed by atoms with Crippen LogP contribution < -0.4 is 5.32 Å². The number of hydrogen-bond acceptors (Lipinski definition) is 3. The van der Waals surface area contributed by atoms with Crippen LogP contribution >= 0.6 is 0 Å². The Balaban J connectivity index is 1.99. The molecule has 1 fully saturated rings. The van der Waals surface area contributed by atoms with Gasteiger partial charge in [0.05, 0.1) is 6.04 Å². The molecule has 0 aromatic heterocycles. The molecule has 2 aliphatic heterocycles. The lowest BCUT2D eigenvalue weighted by atomic mass is 9.71. The quantitative estimate of drug-likeness (QED) is 0.781. The summed E-state index contributed by atoms with van der Waals surface area (Å²) in [6, 6.07) is 8.70. The minimum Gasteiger partial charge on any atom is -0.444 e. The molecule has 0 aliphatic carbocycles. The van der Waals surface area contributed by atoms with Gasteiger partial charge in [-0.25, -0.2) is 4.79 Å². The minimum atomic E-state index is -0.464. The smallest absolute Gasteiger partial charge is 0.410 e. The molecule has 1 aromatic carbocycles. The highest BCUT2D eigenvalue weighted by Gasteiger charge is 2.53. The van der Waals surface area contributed by atoms with Gasteiger partial charge in [-0.1, -0.05) is 25.1 Å². The summed E-state index contributed by atoms with van der Waals surface area (Å²) >= 11 is 0. The van der Waals surface area contributed by atoms with Crippen molar-refractivity contribution >= 4 is 11.8 Å². The number of anilines is 1. The first-order valence-corrected chi connectivity index (χ1v) is 8.07. The number of ether oxygens (including phenoxy) is 1. The number of nitrogens with zero attached hydrogens (tertiary/aromatic N) is 1. The molecule has 1 aromatic rings. The highest BCUT2D eigenvalue weighted by Crippen LogP contribution is 2.54. The number of carbonyl (C=O) groups is 1. The Morgan fingerprint density at radius 1 is 1.36 bits per heavy atom. The van der Waals surface area contributed by atoms with Gasteiger partial charge >= 0.3 is 6.09 Å². The summed E-state index contributed by atoms with van der Waals surface area (Å²) in [5.74, 6) is 0. The van der Waals surface area contributed by atoms with Crippen molar-refractivity contribution < 1.29 is 9.53 Å². The van der Waals surface area contributed by atoms with Crippen molar-refractivity contribution in [2.45, 2.75) is 58.7 Å². The Kier molecular flexibility index (Phi) is 3.38. The molecule has 4 heteroatoms. The molecular weight excluding hydrogens is 276 g/mol. The summed E-state index contributed by atoms with van der Waals surface area (Å²) in [5.41, 5.74) is 1.90. The zero-order chi connectivity index (χ0) is 16.1. The molecule has 0 unspecified atom stereocenters. The molecule has 0 spiro atoms. The van der Waals surface area contributed by atoms with Crippen LogP contribution in [0, 0.1) is 5.41 Å². The van der Waals surface area contributed by atoms with Gasteiger partial charge in [0, 0.05) is 23.7 Å². The molecule has 2 heterocycles. The molecule has 0 saturated carbocycles. The van der Waals surface area contributed by atoms with Crippen LogP contribution in [-0.2, 0) is 4.74 Å². The van der Waals surface area contributed by atoms with Crippen LogP contribution in [0.4, 0.5) is 10.5 Å². The van der Waals surface area contributed by atoms with E-state index >= 15 is 0 Å². The number of benzene rings is 1. The van der Waals surface area contributed by atoms with Crippen molar-refractivity contribution in [2.24, 2.45) is 5.41 Å². The van der Waals surface area contributed by atoms with E-state index in [9.17, 15) is 4.79 Å². The topological polar surface area (TPSA) is 41.6 Å². The Morgan fingerprint density at radius 2 is 2.05 bits per heavy atom. The van der Waals surface area contributed by atoms with Gasteiger partial charge in [0.15, 0.2) is 0 Å². The second kappa shape index (κ2) is 4.90. The average molecular weight is 302 g/mol. The number of para-hydroxylation sites is 1. The Hall–Kier alpha value is -1.71. The molecule has 2 aliphatic rings. The van der Waals surface area contributed by atoms with E-state index in [0.717, 1.165) is 18.7 Å². The van der Waals surface area contributed by atoms with Gasteiger partial charge in [-0.2, -0.15) is 0 Å². The highest BCUT2D eigenvalue weighted by atomic mass is 16.6. The first-order valence-electron chi connectivity index (χ1n) is 8.07. The standard InChI is InChI=1S/C18H26N2O2/c1-12-18(5)10-11-20(16(21)22-17(2,3)4)15(18)13-8-6-7-9-14(13)19-12/h6-9,12,15,19H,10-11H2,1-5H3/t12-,15-,18+/m0/s1.